The highest BCUT2D eigenvalue weighted by atomic mass is 79.9. The van der Waals surface area contributed by atoms with E-state index in [1.165, 1.54) is 12.1 Å². The van der Waals surface area contributed by atoms with E-state index in [1.54, 1.807) is 12.1 Å². The van der Waals surface area contributed by atoms with Crippen molar-refractivity contribution >= 4 is 33.7 Å². The predicted octanol–water partition coefficient (Wildman–Crippen LogP) is 4.58. The molecule has 0 bridgehead atoms. The third-order valence-electron chi connectivity index (χ3n) is 2.29. The van der Waals surface area contributed by atoms with Crippen LogP contribution >= 0.6 is 27.7 Å². The SMILES string of the molecule is O=C(O)c1ccc(Br)cc1Sc1ccc(F)cc1F. The van der Waals surface area contributed by atoms with Crippen molar-refractivity contribution in [2.45, 2.75) is 9.79 Å². The van der Waals surface area contributed by atoms with Gasteiger partial charge in [-0.15, -0.1) is 0 Å². The minimum Gasteiger partial charge on any atom is -0.478 e. The van der Waals surface area contributed by atoms with Crippen molar-refractivity contribution in [3.8, 4) is 0 Å². The van der Waals surface area contributed by atoms with Crippen LogP contribution in [0.4, 0.5) is 8.78 Å². The van der Waals surface area contributed by atoms with Gasteiger partial charge in [0.25, 0.3) is 0 Å². The largest absolute Gasteiger partial charge is 0.478 e. The molecule has 0 fully saturated rings. The summed E-state index contributed by atoms with van der Waals surface area (Å²) in [5, 5.41) is 9.07. The number of hydrogen-bond acceptors (Lipinski definition) is 2. The number of rotatable bonds is 3. The lowest BCUT2D eigenvalue weighted by Gasteiger charge is -2.07. The molecular formula is C13H7BrF2O2S. The van der Waals surface area contributed by atoms with Crippen LogP contribution in [-0.2, 0) is 0 Å². The van der Waals surface area contributed by atoms with Gasteiger partial charge < -0.3 is 5.11 Å². The van der Waals surface area contributed by atoms with Crippen molar-refractivity contribution in [1.82, 2.24) is 0 Å². The predicted molar refractivity (Wildman–Crippen MR) is 71.6 cm³/mol. The molecule has 0 radical (unpaired) electrons. The molecular weight excluding hydrogens is 338 g/mol. The van der Waals surface area contributed by atoms with Gasteiger partial charge in [0.1, 0.15) is 11.6 Å². The number of aromatic carboxylic acids is 1. The topological polar surface area (TPSA) is 37.3 Å². The van der Waals surface area contributed by atoms with Crippen LogP contribution in [0, 0.1) is 11.6 Å². The van der Waals surface area contributed by atoms with Gasteiger partial charge in [0, 0.05) is 20.3 Å². The fourth-order valence-corrected chi connectivity index (χ4v) is 2.93. The summed E-state index contributed by atoms with van der Waals surface area (Å²) in [6, 6.07) is 7.77. The van der Waals surface area contributed by atoms with Crippen LogP contribution < -0.4 is 0 Å². The molecule has 0 aliphatic heterocycles. The molecule has 0 atom stereocenters. The summed E-state index contributed by atoms with van der Waals surface area (Å²) < 4.78 is 27.0. The number of benzene rings is 2. The molecule has 0 saturated carbocycles. The molecule has 0 unspecified atom stereocenters. The number of carboxylic acid groups (broad SMARTS) is 1. The number of carboxylic acids is 1. The molecule has 2 aromatic carbocycles. The molecule has 0 aromatic heterocycles. The van der Waals surface area contributed by atoms with Gasteiger partial charge in [-0.3, -0.25) is 0 Å². The zero-order valence-corrected chi connectivity index (χ0v) is 11.8. The van der Waals surface area contributed by atoms with E-state index >= 15 is 0 Å². The van der Waals surface area contributed by atoms with E-state index in [-0.39, 0.29) is 10.5 Å². The highest BCUT2D eigenvalue weighted by Crippen LogP contribution is 2.34. The lowest BCUT2D eigenvalue weighted by Crippen LogP contribution is -1.98. The van der Waals surface area contributed by atoms with E-state index in [4.69, 9.17) is 5.11 Å². The van der Waals surface area contributed by atoms with Gasteiger partial charge in [-0.25, -0.2) is 13.6 Å². The first-order chi connectivity index (χ1) is 8.97. The van der Waals surface area contributed by atoms with Gasteiger partial charge in [-0.2, -0.15) is 0 Å². The second kappa shape index (κ2) is 5.71. The summed E-state index contributed by atoms with van der Waals surface area (Å²) in [5.74, 6) is -2.49. The first-order valence-corrected chi connectivity index (χ1v) is 6.74. The van der Waals surface area contributed by atoms with Crippen molar-refractivity contribution in [3.63, 3.8) is 0 Å². The Labute approximate surface area is 120 Å². The second-order valence-electron chi connectivity index (χ2n) is 3.62. The highest BCUT2D eigenvalue weighted by Gasteiger charge is 2.14. The Kier molecular flexibility index (Phi) is 4.21. The van der Waals surface area contributed by atoms with Crippen molar-refractivity contribution in [3.05, 3.63) is 58.1 Å². The number of halogens is 3. The smallest absolute Gasteiger partial charge is 0.336 e. The summed E-state index contributed by atoms with van der Waals surface area (Å²) in [6.45, 7) is 0. The van der Waals surface area contributed by atoms with Crippen molar-refractivity contribution in [2.75, 3.05) is 0 Å². The van der Waals surface area contributed by atoms with Crippen LogP contribution in [-0.4, -0.2) is 11.1 Å². The maximum atomic E-state index is 13.5. The average Bonchev–Trinajstić information content (AvgIpc) is 2.32. The van der Waals surface area contributed by atoms with E-state index < -0.39 is 17.6 Å². The molecule has 2 rings (SSSR count). The fourth-order valence-electron chi connectivity index (χ4n) is 1.43. The van der Waals surface area contributed by atoms with E-state index in [0.717, 1.165) is 23.9 Å². The van der Waals surface area contributed by atoms with Crippen LogP contribution in [0.15, 0.2) is 50.7 Å². The van der Waals surface area contributed by atoms with Crippen LogP contribution in [0.1, 0.15) is 10.4 Å². The Bertz CT molecular complexity index is 647. The first-order valence-electron chi connectivity index (χ1n) is 5.13. The van der Waals surface area contributed by atoms with Gasteiger partial charge in [0.15, 0.2) is 0 Å². The minimum absolute atomic E-state index is 0.0666. The average molecular weight is 345 g/mol. The molecule has 98 valence electrons. The van der Waals surface area contributed by atoms with Crippen LogP contribution in [0.25, 0.3) is 0 Å². The second-order valence-corrected chi connectivity index (χ2v) is 5.62. The summed E-state index contributed by atoms with van der Waals surface area (Å²) >= 11 is 4.17. The first kappa shape index (κ1) is 14.0. The Morgan fingerprint density at radius 2 is 1.84 bits per heavy atom. The van der Waals surface area contributed by atoms with Gasteiger partial charge in [-0.05, 0) is 30.3 Å². The van der Waals surface area contributed by atoms with Gasteiger partial charge in [0.2, 0.25) is 0 Å². The highest BCUT2D eigenvalue weighted by molar-refractivity contribution is 9.10. The zero-order valence-electron chi connectivity index (χ0n) is 9.36. The molecule has 0 amide bonds. The molecule has 2 aromatic rings. The third-order valence-corrected chi connectivity index (χ3v) is 3.89. The molecule has 0 heterocycles. The van der Waals surface area contributed by atoms with Crippen molar-refractivity contribution in [2.24, 2.45) is 0 Å². The maximum absolute atomic E-state index is 13.5. The van der Waals surface area contributed by atoms with Crippen molar-refractivity contribution in [1.29, 1.82) is 0 Å². The molecule has 0 saturated heterocycles. The lowest BCUT2D eigenvalue weighted by molar-refractivity contribution is 0.0693. The third kappa shape index (κ3) is 3.33. The standard InChI is InChI=1S/C13H7BrF2O2S/c14-7-1-3-9(13(17)18)12(5-7)19-11-4-2-8(15)6-10(11)16/h1-6H,(H,17,18). The molecule has 2 nitrogen and oxygen atoms in total. The Morgan fingerprint density at radius 3 is 2.47 bits per heavy atom. The normalized spacial score (nSPS) is 10.5. The summed E-state index contributed by atoms with van der Waals surface area (Å²) in [6.07, 6.45) is 0. The number of hydrogen-bond donors (Lipinski definition) is 1. The summed E-state index contributed by atoms with van der Waals surface area (Å²) in [4.78, 5) is 11.6. The van der Waals surface area contributed by atoms with E-state index in [1.807, 2.05) is 0 Å². The quantitative estimate of drug-likeness (QED) is 0.885. The Balaban J connectivity index is 2.42. The van der Waals surface area contributed by atoms with Gasteiger partial charge in [0.05, 0.1) is 5.56 Å². The molecule has 6 heteroatoms. The molecule has 19 heavy (non-hydrogen) atoms. The fraction of sp³-hybridized carbons (Fsp3) is 0. The van der Waals surface area contributed by atoms with E-state index in [2.05, 4.69) is 15.9 Å². The monoisotopic (exact) mass is 344 g/mol. The lowest BCUT2D eigenvalue weighted by atomic mass is 10.2. The Hall–Kier alpha value is -1.40. The molecule has 0 aliphatic rings. The molecule has 0 aliphatic carbocycles. The Morgan fingerprint density at radius 1 is 1.11 bits per heavy atom. The van der Waals surface area contributed by atoms with E-state index in [9.17, 15) is 13.6 Å². The van der Waals surface area contributed by atoms with Crippen molar-refractivity contribution < 1.29 is 18.7 Å². The summed E-state index contributed by atoms with van der Waals surface area (Å²) in [7, 11) is 0. The van der Waals surface area contributed by atoms with E-state index in [0.29, 0.717) is 9.37 Å². The summed E-state index contributed by atoms with van der Waals surface area (Å²) in [5.41, 5.74) is 0.0666. The molecule has 1 N–H and O–H groups in total. The van der Waals surface area contributed by atoms with Gasteiger partial charge in [-0.1, -0.05) is 27.7 Å². The number of carbonyl (C=O) groups is 1. The minimum atomic E-state index is -1.10. The van der Waals surface area contributed by atoms with Crippen LogP contribution in [0.3, 0.4) is 0 Å². The van der Waals surface area contributed by atoms with Crippen LogP contribution in [0.5, 0.6) is 0 Å². The zero-order chi connectivity index (χ0) is 14.0. The molecule has 0 spiro atoms. The van der Waals surface area contributed by atoms with Gasteiger partial charge >= 0.3 is 5.97 Å². The maximum Gasteiger partial charge on any atom is 0.336 e. The van der Waals surface area contributed by atoms with Crippen LogP contribution in [0.2, 0.25) is 0 Å².